The zero-order valence-corrected chi connectivity index (χ0v) is 12.2. The Balaban J connectivity index is 1.97. The Morgan fingerprint density at radius 3 is 3.00 bits per heavy atom. The summed E-state index contributed by atoms with van der Waals surface area (Å²) in [6.07, 6.45) is 1.35. The van der Waals surface area contributed by atoms with Crippen molar-refractivity contribution in [2.24, 2.45) is 11.3 Å². The summed E-state index contributed by atoms with van der Waals surface area (Å²) in [4.78, 5) is 0. The minimum absolute atomic E-state index is 0.545. The molecule has 18 heavy (non-hydrogen) atoms. The highest BCUT2D eigenvalue weighted by Gasteiger charge is 2.48. The summed E-state index contributed by atoms with van der Waals surface area (Å²) < 4.78 is 0. The van der Waals surface area contributed by atoms with Crippen molar-refractivity contribution in [3.8, 4) is 0 Å². The van der Waals surface area contributed by atoms with Crippen LogP contribution in [0.5, 0.6) is 0 Å². The maximum atomic E-state index is 3.62. The lowest BCUT2D eigenvalue weighted by molar-refractivity contribution is 0.139. The van der Waals surface area contributed by atoms with Crippen LogP contribution in [0.4, 0.5) is 0 Å². The molecule has 0 aliphatic carbocycles. The van der Waals surface area contributed by atoms with Crippen molar-refractivity contribution in [2.75, 3.05) is 24.6 Å². The van der Waals surface area contributed by atoms with Gasteiger partial charge in [-0.15, -0.1) is 0 Å². The molecule has 2 aliphatic rings. The highest BCUT2D eigenvalue weighted by atomic mass is 32.2. The van der Waals surface area contributed by atoms with Crippen LogP contribution in [0, 0.1) is 18.3 Å². The first kappa shape index (κ1) is 12.6. The molecule has 3 atom stereocenters. The maximum Gasteiger partial charge on any atom is 0.00312 e. The van der Waals surface area contributed by atoms with Gasteiger partial charge in [0.1, 0.15) is 0 Å². The molecule has 0 aromatic heterocycles. The largest absolute Gasteiger partial charge is 0.316 e. The summed E-state index contributed by atoms with van der Waals surface area (Å²) in [6, 6.07) is 9.16. The molecule has 98 valence electrons. The Bertz CT molecular complexity index is 431. The SMILES string of the molecule is Cc1cccc(C2CNCCC23CSCC3C)c1. The second kappa shape index (κ2) is 4.90. The molecule has 0 radical (unpaired) electrons. The quantitative estimate of drug-likeness (QED) is 0.831. The molecule has 1 aromatic carbocycles. The van der Waals surface area contributed by atoms with Gasteiger partial charge in [-0.2, -0.15) is 11.8 Å². The Morgan fingerprint density at radius 2 is 2.28 bits per heavy atom. The topological polar surface area (TPSA) is 12.0 Å². The summed E-state index contributed by atoms with van der Waals surface area (Å²) in [5.74, 6) is 4.27. The van der Waals surface area contributed by atoms with Crippen molar-refractivity contribution in [1.82, 2.24) is 5.32 Å². The molecular weight excluding hydrogens is 238 g/mol. The van der Waals surface area contributed by atoms with Crippen molar-refractivity contribution < 1.29 is 0 Å². The summed E-state index contributed by atoms with van der Waals surface area (Å²) in [5, 5.41) is 3.62. The highest BCUT2D eigenvalue weighted by molar-refractivity contribution is 7.99. The molecule has 2 saturated heterocycles. The standard InChI is InChI=1S/C16H23NS/c1-12-4-3-5-14(8-12)15-9-17-7-6-16(15)11-18-10-13(16)2/h3-5,8,13,15,17H,6-7,9-11H2,1-2H3. The van der Waals surface area contributed by atoms with E-state index < -0.39 is 0 Å². The second-order valence-electron chi connectivity index (χ2n) is 6.07. The van der Waals surface area contributed by atoms with Crippen LogP contribution >= 0.6 is 11.8 Å². The Labute approximate surface area is 115 Å². The van der Waals surface area contributed by atoms with Gasteiger partial charge in [-0.05, 0) is 48.3 Å². The van der Waals surface area contributed by atoms with Crippen molar-refractivity contribution in [1.29, 1.82) is 0 Å². The van der Waals surface area contributed by atoms with Gasteiger partial charge in [0.05, 0.1) is 0 Å². The predicted molar refractivity (Wildman–Crippen MR) is 80.3 cm³/mol. The average molecular weight is 261 g/mol. The van der Waals surface area contributed by atoms with Crippen molar-refractivity contribution in [3.05, 3.63) is 35.4 Å². The summed E-state index contributed by atoms with van der Waals surface area (Å²) in [5.41, 5.74) is 3.49. The van der Waals surface area contributed by atoms with E-state index in [1.807, 2.05) is 0 Å². The molecule has 2 aliphatic heterocycles. The monoisotopic (exact) mass is 261 g/mol. The third-order valence-corrected chi connectivity index (χ3v) is 6.45. The number of thioether (sulfide) groups is 1. The fourth-order valence-electron chi connectivity index (χ4n) is 3.78. The third-order valence-electron chi connectivity index (χ3n) is 4.97. The molecule has 1 spiro atoms. The van der Waals surface area contributed by atoms with Crippen molar-refractivity contribution >= 4 is 11.8 Å². The molecule has 0 saturated carbocycles. The van der Waals surface area contributed by atoms with Crippen LogP contribution in [-0.4, -0.2) is 24.6 Å². The number of aryl methyl sites for hydroxylation is 1. The van der Waals surface area contributed by atoms with Gasteiger partial charge in [0.25, 0.3) is 0 Å². The van der Waals surface area contributed by atoms with Crippen LogP contribution in [0.15, 0.2) is 24.3 Å². The van der Waals surface area contributed by atoms with E-state index in [2.05, 4.69) is 55.2 Å². The molecule has 0 amide bonds. The normalized spacial score (nSPS) is 36.1. The van der Waals surface area contributed by atoms with Gasteiger partial charge in [0, 0.05) is 12.5 Å². The van der Waals surface area contributed by atoms with E-state index in [-0.39, 0.29) is 0 Å². The summed E-state index contributed by atoms with van der Waals surface area (Å²) in [7, 11) is 0. The molecule has 2 heterocycles. The maximum absolute atomic E-state index is 3.62. The molecule has 0 bridgehead atoms. The molecule has 1 N–H and O–H groups in total. The predicted octanol–water partition coefficient (Wildman–Crippen LogP) is 3.44. The zero-order valence-electron chi connectivity index (χ0n) is 11.4. The van der Waals surface area contributed by atoms with Crippen LogP contribution in [-0.2, 0) is 0 Å². The zero-order chi connectivity index (χ0) is 12.6. The average Bonchev–Trinajstić information content (AvgIpc) is 2.72. The van der Waals surface area contributed by atoms with E-state index in [9.17, 15) is 0 Å². The lowest BCUT2D eigenvalue weighted by atomic mass is 9.63. The first-order chi connectivity index (χ1) is 8.72. The Kier molecular flexibility index (Phi) is 3.42. The summed E-state index contributed by atoms with van der Waals surface area (Å²) in [6.45, 7) is 7.04. The second-order valence-corrected chi connectivity index (χ2v) is 7.10. The van der Waals surface area contributed by atoms with Crippen LogP contribution in [0.25, 0.3) is 0 Å². The lowest BCUT2D eigenvalue weighted by Gasteiger charge is -2.45. The van der Waals surface area contributed by atoms with E-state index >= 15 is 0 Å². The first-order valence-corrected chi connectivity index (χ1v) is 8.23. The van der Waals surface area contributed by atoms with E-state index in [0.717, 1.165) is 12.5 Å². The van der Waals surface area contributed by atoms with Gasteiger partial charge in [-0.1, -0.05) is 36.8 Å². The Hall–Kier alpha value is -0.470. The van der Waals surface area contributed by atoms with E-state index in [1.165, 1.54) is 30.0 Å². The van der Waals surface area contributed by atoms with E-state index in [4.69, 9.17) is 0 Å². The van der Waals surface area contributed by atoms with Crippen molar-refractivity contribution in [2.45, 2.75) is 26.2 Å². The van der Waals surface area contributed by atoms with Gasteiger partial charge in [0.2, 0.25) is 0 Å². The third kappa shape index (κ3) is 2.00. The highest BCUT2D eigenvalue weighted by Crippen LogP contribution is 2.53. The van der Waals surface area contributed by atoms with Crippen molar-refractivity contribution in [3.63, 3.8) is 0 Å². The van der Waals surface area contributed by atoms with Gasteiger partial charge in [0.15, 0.2) is 0 Å². The van der Waals surface area contributed by atoms with Gasteiger partial charge >= 0.3 is 0 Å². The fraction of sp³-hybridized carbons (Fsp3) is 0.625. The molecule has 2 fully saturated rings. The lowest BCUT2D eigenvalue weighted by Crippen LogP contribution is -2.47. The molecular formula is C16H23NS. The number of hydrogen-bond donors (Lipinski definition) is 1. The van der Waals surface area contributed by atoms with E-state index in [0.29, 0.717) is 11.3 Å². The summed E-state index contributed by atoms with van der Waals surface area (Å²) >= 11 is 2.16. The van der Waals surface area contributed by atoms with Gasteiger partial charge in [-0.25, -0.2) is 0 Å². The smallest absolute Gasteiger partial charge is 0.00312 e. The molecule has 1 nitrogen and oxygen atoms in total. The van der Waals surface area contributed by atoms with Crippen LogP contribution < -0.4 is 5.32 Å². The van der Waals surface area contributed by atoms with Crippen LogP contribution in [0.1, 0.15) is 30.4 Å². The molecule has 2 heteroatoms. The number of rotatable bonds is 1. The molecule has 1 aromatic rings. The number of benzene rings is 1. The molecule has 3 rings (SSSR count). The van der Waals surface area contributed by atoms with Crippen LogP contribution in [0.2, 0.25) is 0 Å². The van der Waals surface area contributed by atoms with Gasteiger partial charge < -0.3 is 5.32 Å². The number of nitrogens with one attached hydrogen (secondary N) is 1. The fourth-order valence-corrected chi connectivity index (χ4v) is 5.59. The van der Waals surface area contributed by atoms with E-state index in [1.54, 1.807) is 5.56 Å². The molecule has 3 unspecified atom stereocenters. The Morgan fingerprint density at radius 1 is 1.39 bits per heavy atom. The number of piperidine rings is 1. The minimum Gasteiger partial charge on any atom is -0.316 e. The van der Waals surface area contributed by atoms with Gasteiger partial charge in [-0.3, -0.25) is 0 Å². The van der Waals surface area contributed by atoms with Crippen LogP contribution in [0.3, 0.4) is 0 Å². The number of hydrogen-bond acceptors (Lipinski definition) is 2. The first-order valence-electron chi connectivity index (χ1n) is 7.07. The minimum atomic E-state index is 0.545.